The summed E-state index contributed by atoms with van der Waals surface area (Å²) >= 11 is 0. The van der Waals surface area contributed by atoms with E-state index in [0.29, 0.717) is 32.0 Å². The highest BCUT2D eigenvalue weighted by Gasteiger charge is 2.29. The van der Waals surface area contributed by atoms with Crippen LogP contribution in [0.3, 0.4) is 0 Å². The number of piperidine rings is 1. The zero-order valence-corrected chi connectivity index (χ0v) is 14.9. The van der Waals surface area contributed by atoms with Gasteiger partial charge in [0.25, 0.3) is 0 Å². The van der Waals surface area contributed by atoms with E-state index in [1.807, 2.05) is 0 Å². The third-order valence-corrected chi connectivity index (χ3v) is 6.14. The van der Waals surface area contributed by atoms with Gasteiger partial charge < -0.3 is 10.5 Å². The smallest absolute Gasteiger partial charge is 0.214 e. The molecule has 2 N–H and O–H groups in total. The fourth-order valence-electron chi connectivity index (χ4n) is 2.54. The molecule has 0 aromatic heterocycles. The van der Waals surface area contributed by atoms with Crippen molar-refractivity contribution in [3.8, 4) is 0 Å². The van der Waals surface area contributed by atoms with Gasteiger partial charge in [-0.25, -0.2) is 12.7 Å². The Hall–Kier alpha value is 0.120. The molecule has 1 heterocycles. The summed E-state index contributed by atoms with van der Waals surface area (Å²) in [4.78, 5) is 0. The SMILES string of the molecule is CCC(CC)CS(=O)(=O)N1CCC(OCCCN)CC1.Cl. The van der Waals surface area contributed by atoms with Gasteiger partial charge in [-0.15, -0.1) is 12.4 Å². The lowest BCUT2D eigenvalue weighted by molar-refractivity contribution is 0.0208. The van der Waals surface area contributed by atoms with Crippen LogP contribution in [0.2, 0.25) is 0 Å². The van der Waals surface area contributed by atoms with Crippen molar-refractivity contribution in [1.82, 2.24) is 4.31 Å². The highest BCUT2D eigenvalue weighted by molar-refractivity contribution is 7.89. The van der Waals surface area contributed by atoms with E-state index in [2.05, 4.69) is 13.8 Å². The molecule has 0 aromatic carbocycles. The molecule has 5 nitrogen and oxygen atoms in total. The molecule has 1 rings (SSSR count). The second kappa shape index (κ2) is 10.8. The predicted molar refractivity (Wildman–Crippen MR) is 89.3 cm³/mol. The highest BCUT2D eigenvalue weighted by atomic mass is 35.5. The summed E-state index contributed by atoms with van der Waals surface area (Å²) < 4.78 is 32.1. The van der Waals surface area contributed by atoms with Crippen LogP contribution < -0.4 is 5.73 Å². The monoisotopic (exact) mass is 342 g/mol. The van der Waals surface area contributed by atoms with Gasteiger partial charge in [-0.3, -0.25) is 0 Å². The van der Waals surface area contributed by atoms with E-state index < -0.39 is 10.0 Å². The Morgan fingerprint density at radius 1 is 1.24 bits per heavy atom. The van der Waals surface area contributed by atoms with Gasteiger partial charge in [0.1, 0.15) is 0 Å². The molecule has 7 heteroatoms. The van der Waals surface area contributed by atoms with Crippen molar-refractivity contribution in [2.75, 3.05) is 32.0 Å². The summed E-state index contributed by atoms with van der Waals surface area (Å²) in [6.07, 6.45) is 4.51. The quantitative estimate of drug-likeness (QED) is 0.650. The van der Waals surface area contributed by atoms with Gasteiger partial charge in [0, 0.05) is 19.7 Å². The molecule has 0 radical (unpaired) electrons. The maximum Gasteiger partial charge on any atom is 0.214 e. The predicted octanol–water partition coefficient (Wildman–Crippen LogP) is 2.00. The number of sulfonamides is 1. The Bertz CT molecular complexity index is 353. The van der Waals surface area contributed by atoms with Crippen LogP contribution in [0.1, 0.15) is 46.0 Å². The average Bonchev–Trinajstić information content (AvgIpc) is 2.45. The van der Waals surface area contributed by atoms with Gasteiger partial charge in [-0.1, -0.05) is 26.7 Å². The maximum atomic E-state index is 12.3. The van der Waals surface area contributed by atoms with Crippen molar-refractivity contribution < 1.29 is 13.2 Å². The van der Waals surface area contributed by atoms with Gasteiger partial charge in [0.15, 0.2) is 0 Å². The molecule has 0 amide bonds. The average molecular weight is 343 g/mol. The van der Waals surface area contributed by atoms with Gasteiger partial charge >= 0.3 is 0 Å². The van der Waals surface area contributed by atoms with Crippen LogP contribution in [-0.4, -0.2) is 50.8 Å². The molecule has 0 atom stereocenters. The van der Waals surface area contributed by atoms with Crippen molar-refractivity contribution in [2.24, 2.45) is 11.7 Å². The summed E-state index contributed by atoms with van der Waals surface area (Å²) in [6, 6.07) is 0. The molecular formula is C14H31ClN2O3S. The Labute approximate surface area is 136 Å². The molecule has 0 spiro atoms. The maximum absolute atomic E-state index is 12.3. The molecule has 0 bridgehead atoms. The van der Waals surface area contributed by atoms with E-state index >= 15 is 0 Å². The number of nitrogens with zero attached hydrogens (tertiary/aromatic N) is 1. The van der Waals surface area contributed by atoms with Crippen LogP contribution in [0.5, 0.6) is 0 Å². The minimum absolute atomic E-state index is 0. The number of halogens is 1. The number of hydrogen-bond donors (Lipinski definition) is 1. The zero-order valence-electron chi connectivity index (χ0n) is 13.3. The van der Waals surface area contributed by atoms with Crippen LogP contribution in [0.25, 0.3) is 0 Å². The Morgan fingerprint density at radius 2 is 1.81 bits per heavy atom. The van der Waals surface area contributed by atoms with Gasteiger partial charge in [-0.05, 0) is 31.7 Å². The normalized spacial score (nSPS) is 17.9. The van der Waals surface area contributed by atoms with Crippen LogP contribution >= 0.6 is 12.4 Å². The first kappa shape index (κ1) is 21.1. The van der Waals surface area contributed by atoms with Gasteiger partial charge in [0.2, 0.25) is 10.0 Å². The van der Waals surface area contributed by atoms with Crippen molar-refractivity contribution in [3.05, 3.63) is 0 Å². The Balaban J connectivity index is 0.00000400. The van der Waals surface area contributed by atoms with E-state index in [1.165, 1.54) is 0 Å². The van der Waals surface area contributed by atoms with Gasteiger partial charge in [-0.2, -0.15) is 0 Å². The van der Waals surface area contributed by atoms with Crippen LogP contribution in [0.15, 0.2) is 0 Å². The van der Waals surface area contributed by atoms with E-state index in [0.717, 1.165) is 32.1 Å². The third kappa shape index (κ3) is 7.28. The van der Waals surface area contributed by atoms with Crippen molar-refractivity contribution in [2.45, 2.75) is 52.1 Å². The molecule has 21 heavy (non-hydrogen) atoms. The number of hydrogen-bond acceptors (Lipinski definition) is 4. The molecule has 0 aliphatic carbocycles. The van der Waals surface area contributed by atoms with Crippen LogP contribution in [0, 0.1) is 5.92 Å². The standard InChI is InChI=1S/C14H30N2O3S.ClH/c1-3-13(4-2)12-20(17,18)16-9-6-14(7-10-16)19-11-5-8-15;/h13-14H,3-12,15H2,1-2H3;1H. The molecule has 1 aliphatic rings. The van der Waals surface area contributed by atoms with Crippen molar-refractivity contribution in [3.63, 3.8) is 0 Å². The van der Waals surface area contributed by atoms with E-state index in [9.17, 15) is 8.42 Å². The molecule has 0 aromatic rings. The summed E-state index contributed by atoms with van der Waals surface area (Å²) in [6.45, 7) is 6.62. The second-order valence-corrected chi connectivity index (χ2v) is 7.59. The molecule has 1 saturated heterocycles. The lowest BCUT2D eigenvalue weighted by Gasteiger charge is -2.32. The van der Waals surface area contributed by atoms with E-state index in [-0.39, 0.29) is 24.4 Å². The molecule has 0 unspecified atom stereocenters. The number of rotatable bonds is 9. The highest BCUT2D eigenvalue weighted by Crippen LogP contribution is 2.20. The largest absolute Gasteiger partial charge is 0.378 e. The summed E-state index contributed by atoms with van der Waals surface area (Å²) in [5.74, 6) is 0.567. The first-order valence-electron chi connectivity index (χ1n) is 7.83. The van der Waals surface area contributed by atoms with Crippen LogP contribution in [-0.2, 0) is 14.8 Å². The van der Waals surface area contributed by atoms with Crippen LogP contribution in [0.4, 0.5) is 0 Å². The Morgan fingerprint density at radius 3 is 2.29 bits per heavy atom. The third-order valence-electron chi connectivity index (χ3n) is 4.10. The lowest BCUT2D eigenvalue weighted by Crippen LogP contribution is -2.43. The molecule has 0 saturated carbocycles. The molecule has 1 aliphatic heterocycles. The summed E-state index contributed by atoms with van der Waals surface area (Å²) in [7, 11) is -3.10. The fraction of sp³-hybridized carbons (Fsp3) is 1.00. The molecule has 1 fully saturated rings. The summed E-state index contributed by atoms with van der Waals surface area (Å²) in [5.41, 5.74) is 5.43. The zero-order chi connectivity index (χ0) is 15.0. The van der Waals surface area contributed by atoms with Crippen molar-refractivity contribution >= 4 is 22.4 Å². The topological polar surface area (TPSA) is 72.6 Å². The molecular weight excluding hydrogens is 312 g/mol. The summed E-state index contributed by atoms with van der Waals surface area (Å²) in [5, 5.41) is 0. The van der Waals surface area contributed by atoms with Gasteiger partial charge in [0.05, 0.1) is 11.9 Å². The number of nitrogens with two attached hydrogens (primary N) is 1. The number of ether oxygens (including phenoxy) is 1. The minimum Gasteiger partial charge on any atom is -0.378 e. The Kier molecular flexibility index (Phi) is 10.8. The minimum atomic E-state index is -3.10. The van der Waals surface area contributed by atoms with E-state index in [4.69, 9.17) is 10.5 Å². The van der Waals surface area contributed by atoms with E-state index in [1.54, 1.807) is 4.31 Å². The molecule has 128 valence electrons. The van der Waals surface area contributed by atoms with Crippen molar-refractivity contribution in [1.29, 1.82) is 0 Å². The lowest BCUT2D eigenvalue weighted by atomic mass is 10.1. The first-order chi connectivity index (χ1) is 9.53. The fourth-order valence-corrected chi connectivity index (χ4v) is 4.58. The second-order valence-electron chi connectivity index (χ2n) is 5.57. The first-order valence-corrected chi connectivity index (χ1v) is 9.43.